The average Bonchev–Trinajstić information content (AvgIpc) is 2.75. The minimum Gasteiger partial charge on any atom is -0.480 e. The molecule has 0 spiro atoms. The molecule has 112 valence electrons. The van der Waals surface area contributed by atoms with E-state index in [-0.39, 0.29) is 10.3 Å². The van der Waals surface area contributed by atoms with Gasteiger partial charge in [0.05, 0.1) is 5.39 Å². The van der Waals surface area contributed by atoms with E-state index >= 15 is 0 Å². The third-order valence-electron chi connectivity index (χ3n) is 3.32. The van der Waals surface area contributed by atoms with E-state index in [1.165, 1.54) is 13.8 Å². The number of hydrogen-bond donors (Lipinski definition) is 2. The number of aromatic nitrogens is 2. The Hall–Kier alpha value is -2.22. The predicted molar refractivity (Wildman–Crippen MR) is 77.3 cm³/mol. The van der Waals surface area contributed by atoms with Crippen LogP contribution < -0.4 is 5.56 Å². The Morgan fingerprint density at radius 1 is 1.38 bits per heavy atom. The smallest absolute Gasteiger partial charge is 0.346 e. The van der Waals surface area contributed by atoms with Crippen LogP contribution >= 0.6 is 11.3 Å². The number of hydrogen-bond acceptors (Lipinski definition) is 5. The Labute approximate surface area is 123 Å². The quantitative estimate of drug-likeness (QED) is 0.889. The van der Waals surface area contributed by atoms with Gasteiger partial charge in [0.1, 0.15) is 21.6 Å². The van der Waals surface area contributed by atoms with Crippen LogP contribution in [0.2, 0.25) is 0 Å². The number of carboxylic acid groups (broad SMARTS) is 2. The molecule has 0 aromatic carbocycles. The Balaban J connectivity index is 2.91. The van der Waals surface area contributed by atoms with Crippen molar-refractivity contribution in [2.45, 2.75) is 33.2 Å². The van der Waals surface area contributed by atoms with Crippen molar-refractivity contribution in [1.82, 2.24) is 9.55 Å². The van der Waals surface area contributed by atoms with Gasteiger partial charge in [0.15, 0.2) is 0 Å². The highest BCUT2D eigenvalue weighted by atomic mass is 32.1. The molecule has 0 aliphatic carbocycles. The molecule has 0 fully saturated rings. The molecule has 0 radical (unpaired) electrons. The summed E-state index contributed by atoms with van der Waals surface area (Å²) in [6.07, 6.45) is 0.377. The number of carbonyl (C=O) groups is 2. The van der Waals surface area contributed by atoms with E-state index in [1.807, 2.05) is 0 Å². The Bertz CT molecular complexity index is 805. The van der Waals surface area contributed by atoms with E-state index in [4.69, 9.17) is 10.2 Å². The van der Waals surface area contributed by atoms with E-state index in [0.29, 0.717) is 22.6 Å². The molecule has 0 aliphatic rings. The maximum absolute atomic E-state index is 12.6. The van der Waals surface area contributed by atoms with Crippen LogP contribution in [0.15, 0.2) is 4.79 Å². The fraction of sp³-hybridized carbons (Fsp3) is 0.385. The van der Waals surface area contributed by atoms with Gasteiger partial charge < -0.3 is 10.2 Å². The van der Waals surface area contributed by atoms with Gasteiger partial charge >= 0.3 is 11.9 Å². The molecule has 0 bridgehead atoms. The van der Waals surface area contributed by atoms with Crippen molar-refractivity contribution in [3.63, 3.8) is 0 Å². The monoisotopic (exact) mass is 310 g/mol. The third kappa shape index (κ3) is 2.31. The van der Waals surface area contributed by atoms with Crippen molar-refractivity contribution in [2.75, 3.05) is 0 Å². The SMILES string of the molecule is CCc1nc2sc(C(=O)O)c(C)c2c(=O)n1C(C)C(=O)O. The molecule has 1 unspecified atom stereocenters. The highest BCUT2D eigenvalue weighted by Crippen LogP contribution is 2.28. The maximum atomic E-state index is 12.6. The molecule has 1 atom stereocenters. The molecule has 0 saturated heterocycles. The van der Waals surface area contributed by atoms with Crippen molar-refractivity contribution >= 4 is 33.5 Å². The zero-order chi connectivity index (χ0) is 15.9. The van der Waals surface area contributed by atoms with Crippen molar-refractivity contribution in [1.29, 1.82) is 0 Å². The van der Waals surface area contributed by atoms with Gasteiger partial charge in [-0.1, -0.05) is 6.92 Å². The summed E-state index contributed by atoms with van der Waals surface area (Å²) in [6.45, 7) is 4.69. The van der Waals surface area contributed by atoms with Crippen LogP contribution in [0, 0.1) is 6.92 Å². The van der Waals surface area contributed by atoms with Crippen LogP contribution in [0.3, 0.4) is 0 Å². The number of nitrogens with zero attached hydrogens (tertiary/aromatic N) is 2. The second-order valence-electron chi connectivity index (χ2n) is 4.61. The average molecular weight is 310 g/mol. The lowest BCUT2D eigenvalue weighted by molar-refractivity contribution is -0.140. The summed E-state index contributed by atoms with van der Waals surface area (Å²) in [7, 11) is 0. The summed E-state index contributed by atoms with van der Waals surface area (Å²) in [6, 6.07) is -1.06. The minimum absolute atomic E-state index is 0.0531. The number of rotatable bonds is 4. The Kier molecular flexibility index (Phi) is 3.82. The van der Waals surface area contributed by atoms with Gasteiger partial charge in [-0.3, -0.25) is 9.36 Å². The van der Waals surface area contributed by atoms with Crippen molar-refractivity contribution in [2.24, 2.45) is 0 Å². The van der Waals surface area contributed by atoms with Crippen LogP contribution in [-0.2, 0) is 11.2 Å². The Morgan fingerprint density at radius 3 is 2.48 bits per heavy atom. The van der Waals surface area contributed by atoms with Gasteiger partial charge in [0.2, 0.25) is 0 Å². The van der Waals surface area contributed by atoms with Crippen LogP contribution in [-0.4, -0.2) is 31.7 Å². The Morgan fingerprint density at radius 2 is 2.00 bits per heavy atom. The maximum Gasteiger partial charge on any atom is 0.346 e. The topological polar surface area (TPSA) is 109 Å². The molecule has 7 nitrogen and oxygen atoms in total. The molecule has 2 N–H and O–H groups in total. The highest BCUT2D eigenvalue weighted by Gasteiger charge is 2.24. The van der Waals surface area contributed by atoms with E-state index in [2.05, 4.69) is 4.98 Å². The zero-order valence-electron chi connectivity index (χ0n) is 11.7. The van der Waals surface area contributed by atoms with E-state index < -0.39 is 23.5 Å². The molecule has 0 amide bonds. The molecule has 2 heterocycles. The van der Waals surface area contributed by atoms with Gasteiger partial charge in [0.25, 0.3) is 5.56 Å². The fourth-order valence-corrected chi connectivity index (χ4v) is 3.23. The minimum atomic E-state index is -1.14. The zero-order valence-corrected chi connectivity index (χ0v) is 12.5. The van der Waals surface area contributed by atoms with E-state index in [0.717, 1.165) is 15.9 Å². The second-order valence-corrected chi connectivity index (χ2v) is 5.61. The third-order valence-corrected chi connectivity index (χ3v) is 4.50. The number of aromatic carboxylic acids is 1. The normalized spacial score (nSPS) is 12.5. The summed E-state index contributed by atoms with van der Waals surface area (Å²) in [5.74, 6) is -1.93. The highest BCUT2D eigenvalue weighted by molar-refractivity contribution is 7.20. The number of fused-ring (bicyclic) bond motifs is 1. The van der Waals surface area contributed by atoms with Crippen LogP contribution in [0.5, 0.6) is 0 Å². The molecule has 2 aromatic rings. The molecule has 8 heteroatoms. The second kappa shape index (κ2) is 5.28. The van der Waals surface area contributed by atoms with Crippen LogP contribution in [0.1, 0.15) is 40.9 Å². The summed E-state index contributed by atoms with van der Waals surface area (Å²) in [5, 5.41) is 18.4. The number of carboxylic acids is 2. The van der Waals surface area contributed by atoms with Gasteiger partial charge in [-0.05, 0) is 19.4 Å². The van der Waals surface area contributed by atoms with Crippen molar-refractivity contribution in [3.05, 3.63) is 26.6 Å². The number of thiophene rings is 1. The molecule has 0 saturated carbocycles. The lowest BCUT2D eigenvalue weighted by Gasteiger charge is -2.15. The van der Waals surface area contributed by atoms with Gasteiger partial charge in [-0.15, -0.1) is 11.3 Å². The molecule has 2 rings (SSSR count). The van der Waals surface area contributed by atoms with Crippen molar-refractivity contribution in [3.8, 4) is 0 Å². The van der Waals surface area contributed by atoms with Crippen LogP contribution in [0.25, 0.3) is 10.2 Å². The first-order valence-corrected chi connectivity index (χ1v) is 7.11. The van der Waals surface area contributed by atoms with Gasteiger partial charge in [0, 0.05) is 6.42 Å². The fourth-order valence-electron chi connectivity index (χ4n) is 2.20. The van der Waals surface area contributed by atoms with E-state index in [9.17, 15) is 14.4 Å². The summed E-state index contributed by atoms with van der Waals surface area (Å²) < 4.78 is 1.12. The first-order chi connectivity index (χ1) is 9.79. The summed E-state index contributed by atoms with van der Waals surface area (Å²) in [5.41, 5.74) is -0.179. The van der Waals surface area contributed by atoms with Crippen molar-refractivity contribution < 1.29 is 19.8 Å². The number of aliphatic carboxylic acids is 1. The first kappa shape index (κ1) is 15.2. The lowest BCUT2D eigenvalue weighted by Crippen LogP contribution is -2.31. The number of aryl methyl sites for hydroxylation is 2. The van der Waals surface area contributed by atoms with Gasteiger partial charge in [-0.2, -0.15) is 0 Å². The molecule has 0 aliphatic heterocycles. The molecule has 2 aromatic heterocycles. The van der Waals surface area contributed by atoms with Gasteiger partial charge in [-0.25, -0.2) is 14.6 Å². The molecular weight excluding hydrogens is 296 g/mol. The largest absolute Gasteiger partial charge is 0.480 e. The van der Waals surface area contributed by atoms with E-state index in [1.54, 1.807) is 6.92 Å². The molecule has 21 heavy (non-hydrogen) atoms. The van der Waals surface area contributed by atoms with Crippen LogP contribution in [0.4, 0.5) is 0 Å². The predicted octanol–water partition coefficient (Wildman–Crippen LogP) is 1.67. The molecular formula is C13H14N2O5S. The standard InChI is InChI=1S/C13H14N2O5S/c1-4-7-14-10-8(5(2)9(21-10)13(19)20)11(16)15(7)6(3)12(17)18/h6H,4H2,1-3H3,(H,17,18)(H,19,20). The first-order valence-electron chi connectivity index (χ1n) is 6.30. The summed E-state index contributed by atoms with van der Waals surface area (Å²) >= 11 is 0.933. The summed E-state index contributed by atoms with van der Waals surface area (Å²) in [4.78, 5) is 39.6. The lowest BCUT2D eigenvalue weighted by atomic mass is 10.2.